The zero-order valence-electron chi connectivity index (χ0n) is 10.8. The van der Waals surface area contributed by atoms with Crippen LogP contribution in [0.5, 0.6) is 0 Å². The SMILES string of the molecule is C[C]1CCC(Cc2cc(C)cc(C)c2)CC1. The number of hydrogen-bond acceptors (Lipinski definition) is 0. The molecule has 1 fully saturated rings. The van der Waals surface area contributed by atoms with E-state index in [1.165, 1.54) is 43.2 Å². The quantitative estimate of drug-likeness (QED) is 0.674. The average Bonchev–Trinajstić information content (AvgIpc) is 2.20. The molecule has 1 aromatic rings. The maximum atomic E-state index is 2.36. The van der Waals surface area contributed by atoms with Gasteiger partial charge in [0.1, 0.15) is 0 Å². The van der Waals surface area contributed by atoms with Gasteiger partial charge in [0.15, 0.2) is 0 Å². The molecule has 0 heteroatoms. The summed E-state index contributed by atoms with van der Waals surface area (Å²) in [6, 6.07) is 6.98. The van der Waals surface area contributed by atoms with Crippen LogP contribution < -0.4 is 0 Å². The summed E-state index contributed by atoms with van der Waals surface area (Å²) < 4.78 is 0. The van der Waals surface area contributed by atoms with E-state index in [2.05, 4.69) is 39.0 Å². The molecule has 0 aliphatic heterocycles. The summed E-state index contributed by atoms with van der Waals surface area (Å²) in [5, 5.41) is 0. The lowest BCUT2D eigenvalue weighted by atomic mass is 9.80. The van der Waals surface area contributed by atoms with Crippen molar-refractivity contribution in [3.05, 3.63) is 40.8 Å². The highest BCUT2D eigenvalue weighted by Gasteiger charge is 2.18. The van der Waals surface area contributed by atoms with E-state index in [1.807, 2.05) is 0 Å². The minimum Gasteiger partial charge on any atom is -0.0591 e. The molecule has 0 unspecified atom stereocenters. The van der Waals surface area contributed by atoms with E-state index in [-0.39, 0.29) is 0 Å². The zero-order valence-corrected chi connectivity index (χ0v) is 10.8. The normalized spacial score (nSPS) is 18.9. The molecular weight excluding hydrogens is 192 g/mol. The van der Waals surface area contributed by atoms with Gasteiger partial charge in [-0.15, -0.1) is 0 Å². The van der Waals surface area contributed by atoms with Gasteiger partial charge in [0.2, 0.25) is 0 Å². The van der Waals surface area contributed by atoms with Crippen LogP contribution in [0.3, 0.4) is 0 Å². The van der Waals surface area contributed by atoms with Gasteiger partial charge in [-0.1, -0.05) is 36.2 Å². The molecule has 1 saturated carbocycles. The second-order valence-electron chi connectivity index (χ2n) is 5.60. The van der Waals surface area contributed by atoms with E-state index >= 15 is 0 Å². The largest absolute Gasteiger partial charge is 0.0591 e. The van der Waals surface area contributed by atoms with Crippen LogP contribution in [0.15, 0.2) is 18.2 Å². The standard InChI is InChI=1S/C16H23/c1-12-4-6-15(7-5-12)11-16-9-13(2)8-14(3)10-16/h8-10,15H,4-7,11H2,1-3H3. The zero-order chi connectivity index (χ0) is 11.5. The highest BCUT2D eigenvalue weighted by Crippen LogP contribution is 2.32. The molecule has 87 valence electrons. The van der Waals surface area contributed by atoms with Gasteiger partial charge in [0, 0.05) is 0 Å². The van der Waals surface area contributed by atoms with Gasteiger partial charge in [-0.2, -0.15) is 0 Å². The van der Waals surface area contributed by atoms with Crippen molar-refractivity contribution < 1.29 is 0 Å². The molecule has 0 nitrogen and oxygen atoms in total. The van der Waals surface area contributed by atoms with Crippen molar-refractivity contribution in [2.45, 2.75) is 52.9 Å². The van der Waals surface area contributed by atoms with Crippen molar-refractivity contribution in [3.8, 4) is 0 Å². The van der Waals surface area contributed by atoms with E-state index < -0.39 is 0 Å². The first kappa shape index (κ1) is 11.7. The van der Waals surface area contributed by atoms with Crippen LogP contribution in [0, 0.1) is 25.7 Å². The van der Waals surface area contributed by atoms with Crippen molar-refractivity contribution in [3.63, 3.8) is 0 Å². The topological polar surface area (TPSA) is 0 Å². The van der Waals surface area contributed by atoms with Crippen molar-refractivity contribution in [1.29, 1.82) is 0 Å². The Morgan fingerprint density at radius 2 is 1.50 bits per heavy atom. The number of benzene rings is 1. The Balaban J connectivity index is 1.98. The summed E-state index contributed by atoms with van der Waals surface area (Å²) in [6.07, 6.45) is 6.80. The fourth-order valence-corrected chi connectivity index (χ4v) is 2.89. The first-order chi connectivity index (χ1) is 7.63. The van der Waals surface area contributed by atoms with Crippen LogP contribution >= 0.6 is 0 Å². The third-order valence-electron chi connectivity index (χ3n) is 3.76. The Hall–Kier alpha value is -0.780. The molecule has 1 aliphatic carbocycles. The van der Waals surface area contributed by atoms with Crippen LogP contribution in [-0.2, 0) is 6.42 Å². The Bertz CT molecular complexity index is 323. The van der Waals surface area contributed by atoms with Gasteiger partial charge in [0.25, 0.3) is 0 Å². The van der Waals surface area contributed by atoms with Crippen LogP contribution in [-0.4, -0.2) is 0 Å². The monoisotopic (exact) mass is 215 g/mol. The first-order valence-electron chi connectivity index (χ1n) is 6.52. The molecule has 0 amide bonds. The van der Waals surface area contributed by atoms with Crippen LogP contribution in [0.1, 0.15) is 49.3 Å². The number of rotatable bonds is 2. The van der Waals surface area contributed by atoms with Crippen molar-refractivity contribution in [2.24, 2.45) is 5.92 Å². The molecule has 1 aliphatic rings. The van der Waals surface area contributed by atoms with Gasteiger partial charge in [-0.25, -0.2) is 0 Å². The second-order valence-corrected chi connectivity index (χ2v) is 5.60. The third kappa shape index (κ3) is 3.10. The molecule has 2 rings (SSSR count). The molecule has 0 N–H and O–H groups in total. The smallest absolute Gasteiger partial charge is 0.0250 e. The van der Waals surface area contributed by atoms with E-state index in [9.17, 15) is 0 Å². The predicted octanol–water partition coefficient (Wildman–Crippen LogP) is 4.63. The van der Waals surface area contributed by atoms with Crippen LogP contribution in [0.4, 0.5) is 0 Å². The van der Waals surface area contributed by atoms with E-state index in [0.717, 1.165) is 5.92 Å². The average molecular weight is 215 g/mol. The van der Waals surface area contributed by atoms with Gasteiger partial charge >= 0.3 is 0 Å². The highest BCUT2D eigenvalue weighted by molar-refractivity contribution is 5.28. The van der Waals surface area contributed by atoms with Crippen molar-refractivity contribution in [1.82, 2.24) is 0 Å². The summed E-state index contributed by atoms with van der Waals surface area (Å²) in [6.45, 7) is 6.72. The van der Waals surface area contributed by atoms with E-state index in [1.54, 1.807) is 11.5 Å². The Morgan fingerprint density at radius 1 is 0.938 bits per heavy atom. The summed E-state index contributed by atoms with van der Waals surface area (Å²) in [5.41, 5.74) is 4.36. The molecular formula is C16H23. The van der Waals surface area contributed by atoms with Crippen molar-refractivity contribution in [2.75, 3.05) is 0 Å². The molecule has 1 radical (unpaired) electrons. The van der Waals surface area contributed by atoms with Gasteiger partial charge < -0.3 is 0 Å². The third-order valence-corrected chi connectivity index (χ3v) is 3.76. The van der Waals surface area contributed by atoms with Crippen LogP contribution in [0.2, 0.25) is 0 Å². The fraction of sp³-hybridized carbons (Fsp3) is 0.562. The van der Waals surface area contributed by atoms with Crippen molar-refractivity contribution >= 4 is 0 Å². The summed E-state index contributed by atoms with van der Waals surface area (Å²) >= 11 is 0. The lowest BCUT2D eigenvalue weighted by Gasteiger charge is -2.26. The second kappa shape index (κ2) is 5.03. The molecule has 0 atom stereocenters. The summed E-state index contributed by atoms with van der Waals surface area (Å²) in [5.74, 6) is 2.63. The lowest BCUT2D eigenvalue weighted by Crippen LogP contribution is -2.13. The highest BCUT2D eigenvalue weighted by atomic mass is 14.2. The molecule has 0 heterocycles. The molecule has 1 aromatic carbocycles. The predicted molar refractivity (Wildman–Crippen MR) is 70.5 cm³/mol. The first-order valence-corrected chi connectivity index (χ1v) is 6.52. The fourth-order valence-electron chi connectivity index (χ4n) is 2.89. The summed E-state index contributed by atoms with van der Waals surface area (Å²) in [7, 11) is 0. The van der Waals surface area contributed by atoms with Gasteiger partial charge in [-0.3, -0.25) is 0 Å². The van der Waals surface area contributed by atoms with E-state index in [4.69, 9.17) is 0 Å². The minimum absolute atomic E-state index is 0.921. The maximum absolute atomic E-state index is 2.36. The maximum Gasteiger partial charge on any atom is -0.0250 e. The Kier molecular flexibility index (Phi) is 3.68. The van der Waals surface area contributed by atoms with Gasteiger partial charge in [0.05, 0.1) is 0 Å². The Morgan fingerprint density at radius 3 is 2.06 bits per heavy atom. The number of hydrogen-bond donors (Lipinski definition) is 0. The molecule has 0 spiro atoms. The summed E-state index contributed by atoms with van der Waals surface area (Å²) in [4.78, 5) is 0. The molecule has 0 aromatic heterocycles. The van der Waals surface area contributed by atoms with E-state index in [0.29, 0.717) is 0 Å². The number of aryl methyl sites for hydroxylation is 2. The Labute approximate surface area is 100 Å². The molecule has 16 heavy (non-hydrogen) atoms. The minimum atomic E-state index is 0.921. The van der Waals surface area contributed by atoms with Crippen LogP contribution in [0.25, 0.3) is 0 Å². The molecule has 0 bridgehead atoms. The lowest BCUT2D eigenvalue weighted by molar-refractivity contribution is 0.378. The molecule has 0 saturated heterocycles. The van der Waals surface area contributed by atoms with Gasteiger partial charge in [-0.05, 0) is 63.4 Å².